The largest absolute Gasteiger partial charge is 0.392 e. The second-order valence-electron chi connectivity index (χ2n) is 3.65. The van der Waals surface area contributed by atoms with E-state index in [2.05, 4.69) is 16.9 Å². The van der Waals surface area contributed by atoms with Crippen LogP contribution in [0.5, 0.6) is 0 Å². The number of sulfonamides is 1. The number of halogens is 1. The molecule has 1 rings (SSSR count). The first kappa shape index (κ1) is 13.9. The molecule has 0 heterocycles. The van der Waals surface area contributed by atoms with Crippen LogP contribution in [0.4, 0.5) is 10.1 Å². The molecule has 0 aliphatic heterocycles. The van der Waals surface area contributed by atoms with Crippen molar-refractivity contribution in [1.29, 1.82) is 0 Å². The van der Waals surface area contributed by atoms with Gasteiger partial charge in [-0.1, -0.05) is 12.2 Å². The second-order valence-corrected chi connectivity index (χ2v) is 6.12. The Labute approximate surface area is 105 Å². The fraction of sp³-hybridized carbons (Fsp3) is 0.300. The van der Waals surface area contributed by atoms with Crippen molar-refractivity contribution < 1.29 is 12.8 Å². The predicted octanol–water partition coefficient (Wildman–Crippen LogP) is 1.55. The Hall–Kier alpha value is -1.21. The molecule has 0 amide bonds. The molecule has 7 heteroatoms. The normalized spacial score (nSPS) is 13.1. The molecule has 17 heavy (non-hydrogen) atoms. The lowest BCUT2D eigenvalue weighted by molar-refractivity contribution is 0.598. The molecule has 1 atom stereocenters. The molecular formula is C10H13FN2O2S2. The van der Waals surface area contributed by atoms with Crippen molar-refractivity contribution >= 4 is 32.9 Å². The number of thiocarbonyl (C=S) groups is 1. The molecule has 0 aliphatic rings. The van der Waals surface area contributed by atoms with Crippen molar-refractivity contribution in [3.8, 4) is 0 Å². The monoisotopic (exact) mass is 276 g/mol. The van der Waals surface area contributed by atoms with Gasteiger partial charge in [-0.15, -0.1) is 0 Å². The SMILES string of the molecule is Cc1cc(F)ccc1NS(=O)(=O)C(C)C(N)=S. The fourth-order valence-electron chi connectivity index (χ4n) is 1.14. The van der Waals surface area contributed by atoms with Gasteiger partial charge in [-0.2, -0.15) is 0 Å². The zero-order valence-electron chi connectivity index (χ0n) is 9.40. The average molecular weight is 276 g/mol. The molecule has 0 bridgehead atoms. The molecule has 1 aromatic carbocycles. The van der Waals surface area contributed by atoms with Crippen molar-refractivity contribution in [3.05, 3.63) is 29.6 Å². The van der Waals surface area contributed by atoms with E-state index in [1.165, 1.54) is 25.1 Å². The van der Waals surface area contributed by atoms with Gasteiger partial charge in [0.2, 0.25) is 10.0 Å². The maximum absolute atomic E-state index is 12.8. The summed E-state index contributed by atoms with van der Waals surface area (Å²) in [6.45, 7) is 3.00. The number of anilines is 1. The highest BCUT2D eigenvalue weighted by molar-refractivity contribution is 7.95. The molecule has 3 N–H and O–H groups in total. The van der Waals surface area contributed by atoms with Gasteiger partial charge in [0.05, 0.1) is 10.7 Å². The van der Waals surface area contributed by atoms with Gasteiger partial charge in [-0.3, -0.25) is 4.72 Å². The van der Waals surface area contributed by atoms with Gasteiger partial charge >= 0.3 is 0 Å². The molecule has 0 saturated heterocycles. The summed E-state index contributed by atoms with van der Waals surface area (Å²) in [6, 6.07) is 3.77. The van der Waals surface area contributed by atoms with Gasteiger partial charge in [0, 0.05) is 0 Å². The first-order chi connectivity index (χ1) is 7.74. The topological polar surface area (TPSA) is 72.2 Å². The summed E-state index contributed by atoms with van der Waals surface area (Å²) in [7, 11) is -3.69. The molecule has 0 aromatic heterocycles. The van der Waals surface area contributed by atoms with Gasteiger partial charge in [-0.25, -0.2) is 12.8 Å². The van der Waals surface area contributed by atoms with Gasteiger partial charge < -0.3 is 5.73 Å². The first-order valence-corrected chi connectivity index (χ1v) is 6.76. The predicted molar refractivity (Wildman–Crippen MR) is 69.9 cm³/mol. The number of nitrogens with two attached hydrogens (primary N) is 1. The summed E-state index contributed by atoms with van der Waals surface area (Å²) in [5.74, 6) is -0.423. The van der Waals surface area contributed by atoms with Gasteiger partial charge in [0.15, 0.2) is 0 Å². The Kier molecular flexibility index (Phi) is 4.05. The van der Waals surface area contributed by atoms with Crippen molar-refractivity contribution in [3.63, 3.8) is 0 Å². The van der Waals surface area contributed by atoms with Gasteiger partial charge in [0.1, 0.15) is 11.1 Å². The standard InChI is InChI=1S/C10H13FN2O2S2/c1-6-5-8(11)3-4-9(6)13-17(14,15)7(2)10(12)16/h3-5,7,13H,1-2H3,(H2,12,16). The average Bonchev–Trinajstić information content (AvgIpc) is 2.21. The van der Waals surface area contributed by atoms with Crippen molar-refractivity contribution in [2.24, 2.45) is 5.73 Å². The highest BCUT2D eigenvalue weighted by Crippen LogP contribution is 2.18. The van der Waals surface area contributed by atoms with Crippen LogP contribution >= 0.6 is 12.2 Å². The van der Waals surface area contributed by atoms with E-state index in [0.29, 0.717) is 11.3 Å². The summed E-state index contributed by atoms with van der Waals surface area (Å²) in [5.41, 5.74) is 6.09. The highest BCUT2D eigenvalue weighted by atomic mass is 32.2. The van der Waals surface area contributed by atoms with Crippen molar-refractivity contribution in [2.45, 2.75) is 19.1 Å². The lowest BCUT2D eigenvalue weighted by Crippen LogP contribution is -2.35. The number of benzene rings is 1. The van der Waals surface area contributed by atoms with Crippen LogP contribution in [0.1, 0.15) is 12.5 Å². The molecule has 1 aromatic rings. The minimum Gasteiger partial charge on any atom is -0.392 e. The Morgan fingerprint density at radius 1 is 1.53 bits per heavy atom. The smallest absolute Gasteiger partial charge is 0.241 e. The van der Waals surface area contributed by atoms with Gasteiger partial charge in [0.25, 0.3) is 0 Å². The lowest BCUT2D eigenvalue weighted by atomic mass is 10.2. The minimum atomic E-state index is -3.69. The Morgan fingerprint density at radius 3 is 2.59 bits per heavy atom. The van der Waals surface area contributed by atoms with E-state index in [-0.39, 0.29) is 4.99 Å². The molecule has 0 fully saturated rings. The minimum absolute atomic E-state index is 0.114. The van der Waals surface area contributed by atoms with Gasteiger partial charge in [-0.05, 0) is 37.6 Å². The fourth-order valence-corrected chi connectivity index (χ4v) is 2.53. The first-order valence-electron chi connectivity index (χ1n) is 4.81. The Morgan fingerprint density at radius 2 is 2.12 bits per heavy atom. The number of hydrogen-bond donors (Lipinski definition) is 2. The summed E-state index contributed by atoms with van der Waals surface area (Å²) >= 11 is 4.63. The third kappa shape index (κ3) is 3.37. The highest BCUT2D eigenvalue weighted by Gasteiger charge is 2.23. The van der Waals surface area contributed by atoms with Crippen LogP contribution in [0.2, 0.25) is 0 Å². The molecular weight excluding hydrogens is 263 g/mol. The summed E-state index contributed by atoms with van der Waals surface area (Å²) in [6.07, 6.45) is 0. The molecule has 0 spiro atoms. The van der Waals surface area contributed by atoms with E-state index in [9.17, 15) is 12.8 Å². The van der Waals surface area contributed by atoms with Crippen LogP contribution in [-0.2, 0) is 10.0 Å². The zero-order chi connectivity index (χ0) is 13.2. The molecule has 0 radical (unpaired) electrons. The second kappa shape index (κ2) is 4.97. The molecule has 4 nitrogen and oxygen atoms in total. The molecule has 0 saturated carbocycles. The van der Waals surface area contributed by atoms with E-state index in [1.54, 1.807) is 6.92 Å². The van der Waals surface area contributed by atoms with Crippen LogP contribution in [0.3, 0.4) is 0 Å². The summed E-state index contributed by atoms with van der Waals surface area (Å²) in [5, 5.41) is -0.984. The quantitative estimate of drug-likeness (QED) is 0.818. The molecule has 94 valence electrons. The van der Waals surface area contributed by atoms with Crippen LogP contribution in [-0.4, -0.2) is 18.7 Å². The van der Waals surface area contributed by atoms with Crippen molar-refractivity contribution in [2.75, 3.05) is 4.72 Å². The van der Waals surface area contributed by atoms with Crippen LogP contribution < -0.4 is 10.5 Å². The number of nitrogens with one attached hydrogen (secondary N) is 1. The maximum atomic E-state index is 12.8. The lowest BCUT2D eigenvalue weighted by Gasteiger charge is -2.14. The van der Waals surface area contributed by atoms with E-state index in [4.69, 9.17) is 5.73 Å². The molecule has 1 unspecified atom stereocenters. The van der Waals surface area contributed by atoms with E-state index < -0.39 is 21.1 Å². The third-order valence-electron chi connectivity index (χ3n) is 2.31. The zero-order valence-corrected chi connectivity index (χ0v) is 11.0. The summed E-state index contributed by atoms with van der Waals surface area (Å²) < 4.78 is 38.8. The van der Waals surface area contributed by atoms with E-state index >= 15 is 0 Å². The Balaban J connectivity index is 3.02. The van der Waals surface area contributed by atoms with E-state index in [0.717, 1.165) is 0 Å². The molecule has 0 aliphatic carbocycles. The van der Waals surface area contributed by atoms with Crippen LogP contribution in [0, 0.1) is 12.7 Å². The maximum Gasteiger partial charge on any atom is 0.241 e. The van der Waals surface area contributed by atoms with E-state index in [1.807, 2.05) is 0 Å². The number of hydrogen-bond acceptors (Lipinski definition) is 3. The third-order valence-corrected chi connectivity index (χ3v) is 4.50. The number of rotatable bonds is 4. The number of aryl methyl sites for hydroxylation is 1. The van der Waals surface area contributed by atoms with Crippen LogP contribution in [0.15, 0.2) is 18.2 Å². The van der Waals surface area contributed by atoms with Crippen molar-refractivity contribution in [1.82, 2.24) is 0 Å². The Bertz CT molecular complexity index is 543. The van der Waals surface area contributed by atoms with Crippen LogP contribution in [0.25, 0.3) is 0 Å². The summed E-state index contributed by atoms with van der Waals surface area (Å²) in [4.78, 5) is -0.114.